The van der Waals surface area contributed by atoms with Crippen molar-refractivity contribution in [2.75, 3.05) is 26.2 Å². The molecule has 1 saturated heterocycles. The van der Waals surface area contributed by atoms with E-state index in [0.29, 0.717) is 5.92 Å². The molecule has 1 N–H and O–H groups in total. The van der Waals surface area contributed by atoms with Gasteiger partial charge in [0, 0.05) is 38.3 Å². The Kier molecular flexibility index (Phi) is 5.23. The molecule has 0 aromatic heterocycles. The van der Waals surface area contributed by atoms with Crippen molar-refractivity contribution in [3.8, 4) is 0 Å². The third-order valence-electron chi connectivity index (χ3n) is 5.15. The monoisotopic (exact) mass is 321 g/mol. The first-order valence-corrected chi connectivity index (χ1v) is 8.55. The first kappa shape index (κ1) is 16.3. The second-order valence-corrected chi connectivity index (χ2v) is 6.60. The fourth-order valence-electron chi connectivity index (χ4n) is 4.04. The predicted molar refractivity (Wildman–Crippen MR) is 86.8 cm³/mol. The Hall–Kier alpha value is -1.53. The van der Waals surface area contributed by atoms with Crippen LogP contribution in [0.15, 0.2) is 18.2 Å². The normalized spacial score (nSPS) is 22.0. The van der Waals surface area contributed by atoms with Crippen molar-refractivity contribution >= 4 is 5.69 Å². The highest BCUT2D eigenvalue weighted by Gasteiger charge is 2.32. The van der Waals surface area contributed by atoms with E-state index in [2.05, 4.69) is 10.2 Å². The molecule has 1 heterocycles. The zero-order valence-corrected chi connectivity index (χ0v) is 13.3. The van der Waals surface area contributed by atoms with Crippen LogP contribution < -0.4 is 5.32 Å². The lowest BCUT2D eigenvalue weighted by Crippen LogP contribution is -2.47. The fourth-order valence-corrected chi connectivity index (χ4v) is 4.04. The van der Waals surface area contributed by atoms with Crippen molar-refractivity contribution in [1.82, 2.24) is 10.2 Å². The first-order chi connectivity index (χ1) is 11.2. The van der Waals surface area contributed by atoms with Crippen molar-refractivity contribution in [3.05, 3.63) is 39.7 Å². The number of nitrogens with zero attached hydrogens (tertiary/aromatic N) is 2. The molecule has 0 bridgehead atoms. The molecule has 1 aliphatic carbocycles. The molecule has 3 rings (SSSR count). The Labute approximate surface area is 136 Å². The highest BCUT2D eigenvalue weighted by Crippen LogP contribution is 2.39. The maximum Gasteiger partial charge on any atom is 0.305 e. The van der Waals surface area contributed by atoms with Crippen molar-refractivity contribution in [2.24, 2.45) is 5.92 Å². The van der Waals surface area contributed by atoms with Gasteiger partial charge in [0.15, 0.2) is 0 Å². The van der Waals surface area contributed by atoms with E-state index >= 15 is 0 Å². The van der Waals surface area contributed by atoms with Gasteiger partial charge in [0.2, 0.25) is 5.82 Å². The molecule has 0 radical (unpaired) electrons. The molecular formula is C17H24FN3O2. The zero-order valence-electron chi connectivity index (χ0n) is 13.3. The van der Waals surface area contributed by atoms with Crippen LogP contribution in [0.3, 0.4) is 0 Å². The zero-order chi connectivity index (χ0) is 16.2. The Balaban J connectivity index is 1.93. The third kappa shape index (κ3) is 3.70. The van der Waals surface area contributed by atoms with Gasteiger partial charge < -0.3 is 5.32 Å². The van der Waals surface area contributed by atoms with Crippen LogP contribution in [0.25, 0.3) is 0 Å². The van der Waals surface area contributed by atoms with Gasteiger partial charge in [-0.05, 0) is 30.4 Å². The number of hydrogen-bond acceptors (Lipinski definition) is 4. The number of nitrogens with one attached hydrogen (secondary N) is 1. The Morgan fingerprint density at radius 3 is 2.57 bits per heavy atom. The largest absolute Gasteiger partial charge is 0.314 e. The number of halogens is 1. The molecule has 1 aromatic carbocycles. The quantitative estimate of drug-likeness (QED) is 0.683. The van der Waals surface area contributed by atoms with E-state index in [9.17, 15) is 14.5 Å². The summed E-state index contributed by atoms with van der Waals surface area (Å²) in [4.78, 5) is 12.9. The molecule has 23 heavy (non-hydrogen) atoms. The summed E-state index contributed by atoms with van der Waals surface area (Å²) in [6.07, 6.45) is 6.01. The maximum absolute atomic E-state index is 13.7. The van der Waals surface area contributed by atoms with Crippen LogP contribution in [0.5, 0.6) is 0 Å². The minimum Gasteiger partial charge on any atom is -0.314 e. The van der Waals surface area contributed by atoms with Crippen molar-refractivity contribution in [1.29, 1.82) is 0 Å². The molecule has 0 spiro atoms. The lowest BCUT2D eigenvalue weighted by molar-refractivity contribution is -0.387. The van der Waals surface area contributed by atoms with E-state index in [4.69, 9.17) is 0 Å². The lowest BCUT2D eigenvalue weighted by Gasteiger charge is -2.41. The molecule has 5 nitrogen and oxygen atoms in total. The lowest BCUT2D eigenvalue weighted by atomic mass is 9.80. The molecular weight excluding hydrogens is 297 g/mol. The summed E-state index contributed by atoms with van der Waals surface area (Å²) in [7, 11) is 0. The van der Waals surface area contributed by atoms with Gasteiger partial charge in [-0.15, -0.1) is 0 Å². The second kappa shape index (κ2) is 7.36. The van der Waals surface area contributed by atoms with Crippen LogP contribution in [0.1, 0.15) is 43.7 Å². The van der Waals surface area contributed by atoms with Crippen LogP contribution in [0, 0.1) is 21.8 Å². The van der Waals surface area contributed by atoms with Gasteiger partial charge in [-0.1, -0.05) is 25.3 Å². The number of benzene rings is 1. The average molecular weight is 321 g/mol. The molecule has 2 aliphatic rings. The topological polar surface area (TPSA) is 58.4 Å². The molecule has 1 aromatic rings. The van der Waals surface area contributed by atoms with Crippen LogP contribution in [-0.2, 0) is 0 Å². The summed E-state index contributed by atoms with van der Waals surface area (Å²) in [5.41, 5.74) is 0.491. The summed E-state index contributed by atoms with van der Waals surface area (Å²) >= 11 is 0. The smallest absolute Gasteiger partial charge is 0.305 e. The van der Waals surface area contributed by atoms with E-state index in [1.54, 1.807) is 6.07 Å². The number of nitro benzene ring substituents is 1. The number of nitro groups is 1. The maximum atomic E-state index is 13.7. The Morgan fingerprint density at radius 1 is 1.22 bits per heavy atom. The summed E-state index contributed by atoms with van der Waals surface area (Å²) < 4.78 is 13.7. The van der Waals surface area contributed by atoms with Gasteiger partial charge in [-0.2, -0.15) is 4.39 Å². The first-order valence-electron chi connectivity index (χ1n) is 8.55. The summed E-state index contributed by atoms with van der Waals surface area (Å²) in [5, 5.41) is 14.4. The SMILES string of the molecule is O=[N+]([O-])c1cc([C@@H](C2CCCCC2)N2CCNCC2)ccc1F. The van der Waals surface area contributed by atoms with Crippen molar-refractivity contribution in [2.45, 2.75) is 38.1 Å². The molecule has 126 valence electrons. The van der Waals surface area contributed by atoms with Gasteiger partial charge >= 0.3 is 5.69 Å². The second-order valence-electron chi connectivity index (χ2n) is 6.60. The minimum atomic E-state index is -0.749. The van der Waals surface area contributed by atoms with Gasteiger partial charge in [0.05, 0.1) is 4.92 Å². The van der Waals surface area contributed by atoms with E-state index < -0.39 is 16.4 Å². The van der Waals surface area contributed by atoms with E-state index in [1.807, 2.05) is 0 Å². The predicted octanol–water partition coefficient (Wildman–Crippen LogP) is 3.26. The molecule has 1 aliphatic heterocycles. The Bertz CT molecular complexity index is 537. The molecule has 0 amide bonds. The number of hydrogen-bond donors (Lipinski definition) is 1. The Morgan fingerprint density at radius 2 is 1.91 bits per heavy atom. The summed E-state index contributed by atoms with van der Waals surface area (Å²) in [5.74, 6) is -0.242. The van der Waals surface area contributed by atoms with Gasteiger partial charge in [0.1, 0.15) is 0 Å². The van der Waals surface area contributed by atoms with E-state index in [1.165, 1.54) is 31.4 Å². The summed E-state index contributed by atoms with van der Waals surface area (Å²) in [6, 6.07) is 4.61. The third-order valence-corrected chi connectivity index (χ3v) is 5.15. The molecule has 6 heteroatoms. The van der Waals surface area contributed by atoms with Gasteiger partial charge in [-0.25, -0.2) is 0 Å². The van der Waals surface area contributed by atoms with Crippen LogP contribution in [-0.4, -0.2) is 36.0 Å². The number of piperazine rings is 1. The van der Waals surface area contributed by atoms with Crippen molar-refractivity contribution < 1.29 is 9.31 Å². The van der Waals surface area contributed by atoms with Crippen LogP contribution in [0.4, 0.5) is 10.1 Å². The minimum absolute atomic E-state index is 0.164. The van der Waals surface area contributed by atoms with Gasteiger partial charge in [0.25, 0.3) is 0 Å². The van der Waals surface area contributed by atoms with E-state index in [-0.39, 0.29) is 6.04 Å². The van der Waals surface area contributed by atoms with Gasteiger partial charge in [-0.3, -0.25) is 15.0 Å². The van der Waals surface area contributed by atoms with Crippen LogP contribution >= 0.6 is 0 Å². The molecule has 1 saturated carbocycles. The molecule has 2 fully saturated rings. The average Bonchev–Trinajstić information content (AvgIpc) is 2.58. The van der Waals surface area contributed by atoms with Crippen molar-refractivity contribution in [3.63, 3.8) is 0 Å². The van der Waals surface area contributed by atoms with E-state index in [0.717, 1.165) is 44.6 Å². The fraction of sp³-hybridized carbons (Fsp3) is 0.647. The molecule has 1 atom stereocenters. The molecule has 0 unspecified atom stereocenters. The van der Waals surface area contributed by atoms with Crippen LogP contribution in [0.2, 0.25) is 0 Å². The highest BCUT2D eigenvalue weighted by molar-refractivity contribution is 5.38. The standard InChI is InChI=1S/C17H24FN3O2/c18-15-7-6-14(12-16(15)21(22)23)17(13-4-2-1-3-5-13)20-10-8-19-9-11-20/h6-7,12-13,17,19H,1-5,8-11H2/t17-/m1/s1. The highest BCUT2D eigenvalue weighted by atomic mass is 19.1. The summed E-state index contributed by atoms with van der Waals surface area (Å²) in [6.45, 7) is 3.75. The number of rotatable bonds is 4.